The molecular weight excluding hydrogens is 310 g/mol. The van der Waals surface area contributed by atoms with Crippen LogP contribution in [-0.4, -0.2) is 31.1 Å². The molecule has 3 heteroatoms. The number of rotatable bonds is 5. The van der Waals surface area contributed by atoms with Gasteiger partial charge in [-0.05, 0) is 56.1 Å². The van der Waals surface area contributed by atoms with Crippen molar-refractivity contribution >= 4 is 11.0 Å². The van der Waals surface area contributed by atoms with Gasteiger partial charge in [-0.3, -0.25) is 0 Å². The first-order chi connectivity index (χ1) is 12.2. The van der Waals surface area contributed by atoms with Gasteiger partial charge in [0.25, 0.3) is 0 Å². The van der Waals surface area contributed by atoms with Gasteiger partial charge in [-0.2, -0.15) is 0 Å². The summed E-state index contributed by atoms with van der Waals surface area (Å²) < 4.78 is 11.5. The van der Waals surface area contributed by atoms with E-state index < -0.39 is 0 Å². The summed E-state index contributed by atoms with van der Waals surface area (Å²) in [6.07, 6.45) is 3.62. The van der Waals surface area contributed by atoms with Crippen molar-refractivity contribution in [3.8, 4) is 16.9 Å². The second-order valence-corrected chi connectivity index (χ2v) is 6.94. The zero-order chi connectivity index (χ0) is 17.2. The van der Waals surface area contributed by atoms with Crippen LogP contribution in [0.4, 0.5) is 0 Å². The van der Waals surface area contributed by atoms with E-state index in [4.69, 9.17) is 9.15 Å². The number of hydrogen-bond acceptors (Lipinski definition) is 3. The molecule has 1 fully saturated rings. The van der Waals surface area contributed by atoms with Crippen molar-refractivity contribution in [1.29, 1.82) is 0 Å². The third-order valence-electron chi connectivity index (χ3n) is 5.32. The van der Waals surface area contributed by atoms with Crippen LogP contribution in [0.1, 0.15) is 25.5 Å². The molecule has 3 aromatic rings. The lowest BCUT2D eigenvalue weighted by Crippen LogP contribution is -2.28. The number of likely N-dealkylation sites (tertiary alicyclic amines) is 1. The van der Waals surface area contributed by atoms with Crippen LogP contribution >= 0.6 is 0 Å². The summed E-state index contributed by atoms with van der Waals surface area (Å²) in [5, 5.41) is 1.16. The SMILES string of the molecule is COc1ccccc1-c1ccc2oc(CCN3CCC[C@H]3C)cc2c1. The molecule has 2 heterocycles. The number of hydrogen-bond donors (Lipinski definition) is 0. The van der Waals surface area contributed by atoms with Crippen LogP contribution in [0.2, 0.25) is 0 Å². The van der Waals surface area contributed by atoms with Crippen molar-refractivity contribution < 1.29 is 9.15 Å². The first-order valence-corrected chi connectivity index (χ1v) is 9.14. The maximum Gasteiger partial charge on any atom is 0.134 e. The molecule has 0 bridgehead atoms. The lowest BCUT2D eigenvalue weighted by Gasteiger charge is -2.19. The van der Waals surface area contributed by atoms with E-state index in [1.54, 1.807) is 7.11 Å². The van der Waals surface area contributed by atoms with Crippen LogP contribution in [0.25, 0.3) is 22.1 Å². The fraction of sp³-hybridized carbons (Fsp3) is 0.364. The third-order valence-corrected chi connectivity index (χ3v) is 5.32. The molecule has 0 amide bonds. The number of nitrogens with zero attached hydrogens (tertiary/aromatic N) is 1. The normalized spacial score (nSPS) is 18.1. The molecule has 0 aliphatic carbocycles. The Labute approximate surface area is 149 Å². The molecule has 3 nitrogen and oxygen atoms in total. The van der Waals surface area contributed by atoms with E-state index in [2.05, 4.69) is 42.2 Å². The van der Waals surface area contributed by atoms with Crippen LogP contribution < -0.4 is 4.74 Å². The highest BCUT2D eigenvalue weighted by molar-refractivity contribution is 5.85. The highest BCUT2D eigenvalue weighted by Crippen LogP contribution is 2.32. The average molecular weight is 335 g/mol. The minimum Gasteiger partial charge on any atom is -0.496 e. The quantitative estimate of drug-likeness (QED) is 0.646. The summed E-state index contributed by atoms with van der Waals surface area (Å²) >= 11 is 0. The Morgan fingerprint density at radius 2 is 2.04 bits per heavy atom. The lowest BCUT2D eigenvalue weighted by molar-refractivity contribution is 0.266. The first-order valence-electron chi connectivity index (χ1n) is 9.14. The Balaban J connectivity index is 1.57. The zero-order valence-electron chi connectivity index (χ0n) is 15.0. The second-order valence-electron chi connectivity index (χ2n) is 6.94. The Bertz CT molecular complexity index is 867. The summed E-state index contributed by atoms with van der Waals surface area (Å²) in [7, 11) is 1.71. The monoisotopic (exact) mass is 335 g/mol. The van der Waals surface area contributed by atoms with Crippen LogP contribution in [0.15, 0.2) is 52.9 Å². The van der Waals surface area contributed by atoms with Crippen LogP contribution in [0.5, 0.6) is 5.75 Å². The lowest BCUT2D eigenvalue weighted by atomic mass is 10.0. The average Bonchev–Trinajstić information content (AvgIpc) is 3.24. The molecule has 2 aromatic carbocycles. The minimum absolute atomic E-state index is 0.710. The smallest absolute Gasteiger partial charge is 0.134 e. The molecule has 1 saturated heterocycles. The van der Waals surface area contributed by atoms with Crippen LogP contribution in [-0.2, 0) is 6.42 Å². The molecular formula is C22H25NO2. The van der Waals surface area contributed by atoms with Crippen molar-refractivity contribution in [2.75, 3.05) is 20.2 Å². The Morgan fingerprint density at radius 3 is 2.84 bits per heavy atom. The van der Waals surface area contributed by atoms with Crippen molar-refractivity contribution in [3.63, 3.8) is 0 Å². The third kappa shape index (κ3) is 3.29. The number of ether oxygens (including phenoxy) is 1. The van der Waals surface area contributed by atoms with Gasteiger partial charge in [-0.15, -0.1) is 0 Å². The van der Waals surface area contributed by atoms with E-state index in [1.165, 1.54) is 19.4 Å². The maximum atomic E-state index is 6.05. The molecule has 0 unspecified atom stereocenters. The molecule has 1 atom stereocenters. The van der Waals surface area contributed by atoms with E-state index in [0.29, 0.717) is 6.04 Å². The first kappa shape index (κ1) is 16.2. The summed E-state index contributed by atoms with van der Waals surface area (Å²) in [6.45, 7) is 4.63. The van der Waals surface area contributed by atoms with E-state index in [0.717, 1.165) is 46.6 Å². The van der Waals surface area contributed by atoms with Gasteiger partial charge in [0.05, 0.1) is 7.11 Å². The fourth-order valence-electron chi connectivity index (χ4n) is 3.85. The van der Waals surface area contributed by atoms with Gasteiger partial charge in [0.2, 0.25) is 0 Å². The summed E-state index contributed by atoms with van der Waals surface area (Å²) in [4.78, 5) is 2.56. The van der Waals surface area contributed by atoms with Gasteiger partial charge >= 0.3 is 0 Å². The summed E-state index contributed by atoms with van der Waals surface area (Å²) in [5.74, 6) is 1.97. The van der Waals surface area contributed by atoms with Crippen molar-refractivity contribution in [2.45, 2.75) is 32.2 Å². The van der Waals surface area contributed by atoms with E-state index in [-0.39, 0.29) is 0 Å². The Kier molecular flexibility index (Phi) is 4.50. The Morgan fingerprint density at radius 1 is 1.16 bits per heavy atom. The van der Waals surface area contributed by atoms with E-state index >= 15 is 0 Å². The standard InChI is InChI=1S/C22H25NO2/c1-16-6-5-12-23(16)13-11-19-15-18-14-17(9-10-21(18)25-19)20-7-3-4-8-22(20)24-2/h3-4,7-10,14-16H,5-6,11-13H2,1-2H3/t16-/m1/s1. The fourth-order valence-corrected chi connectivity index (χ4v) is 3.85. The van der Waals surface area contributed by atoms with Crippen LogP contribution in [0, 0.1) is 0 Å². The second kappa shape index (κ2) is 6.93. The van der Waals surface area contributed by atoms with Gasteiger partial charge in [-0.1, -0.05) is 24.3 Å². The van der Waals surface area contributed by atoms with Gasteiger partial charge in [0, 0.05) is 30.0 Å². The topological polar surface area (TPSA) is 25.6 Å². The van der Waals surface area contributed by atoms with Crippen molar-refractivity contribution in [2.24, 2.45) is 0 Å². The highest BCUT2D eigenvalue weighted by Gasteiger charge is 2.20. The van der Waals surface area contributed by atoms with Crippen molar-refractivity contribution in [3.05, 3.63) is 54.3 Å². The van der Waals surface area contributed by atoms with Gasteiger partial charge in [0.15, 0.2) is 0 Å². The maximum absolute atomic E-state index is 6.05. The highest BCUT2D eigenvalue weighted by atomic mass is 16.5. The zero-order valence-corrected chi connectivity index (χ0v) is 15.0. The molecule has 25 heavy (non-hydrogen) atoms. The van der Waals surface area contributed by atoms with Gasteiger partial charge in [-0.25, -0.2) is 0 Å². The molecule has 1 aliphatic heterocycles. The number of fused-ring (bicyclic) bond motifs is 1. The summed E-state index contributed by atoms with van der Waals surface area (Å²) in [6, 6.07) is 17.4. The van der Waals surface area contributed by atoms with Crippen LogP contribution in [0.3, 0.4) is 0 Å². The molecule has 0 spiro atoms. The number of furan rings is 1. The minimum atomic E-state index is 0.710. The molecule has 0 N–H and O–H groups in total. The molecule has 130 valence electrons. The van der Waals surface area contributed by atoms with E-state index in [9.17, 15) is 0 Å². The summed E-state index contributed by atoms with van der Waals surface area (Å²) in [5.41, 5.74) is 3.23. The molecule has 1 aliphatic rings. The van der Waals surface area contributed by atoms with E-state index in [1.807, 2.05) is 18.2 Å². The largest absolute Gasteiger partial charge is 0.496 e. The van der Waals surface area contributed by atoms with Gasteiger partial charge < -0.3 is 14.1 Å². The molecule has 0 saturated carbocycles. The number of benzene rings is 2. The predicted molar refractivity (Wildman–Crippen MR) is 102 cm³/mol. The predicted octanol–water partition coefficient (Wildman–Crippen LogP) is 5.14. The molecule has 4 rings (SSSR count). The van der Waals surface area contributed by atoms with Crippen molar-refractivity contribution in [1.82, 2.24) is 4.90 Å². The molecule has 1 aromatic heterocycles. The molecule has 0 radical (unpaired) electrons. The van der Waals surface area contributed by atoms with Gasteiger partial charge in [0.1, 0.15) is 17.1 Å². The number of para-hydroxylation sites is 1. The number of methoxy groups -OCH3 is 1. The Hall–Kier alpha value is -2.26.